The molecule has 0 radical (unpaired) electrons. The van der Waals surface area contributed by atoms with Crippen LogP contribution in [0.2, 0.25) is 0 Å². The Labute approximate surface area is 177 Å². The Hall–Kier alpha value is -2.90. The summed E-state index contributed by atoms with van der Waals surface area (Å²) in [7, 11) is 0. The number of rotatable bonds is 5. The van der Waals surface area contributed by atoms with E-state index in [1.807, 2.05) is 25.1 Å². The van der Waals surface area contributed by atoms with Gasteiger partial charge in [-0.05, 0) is 37.3 Å². The minimum Gasteiger partial charge on any atom is -0.370 e. The van der Waals surface area contributed by atoms with Crippen molar-refractivity contribution < 1.29 is 4.79 Å². The molecule has 1 aliphatic carbocycles. The first-order chi connectivity index (χ1) is 14.1. The van der Waals surface area contributed by atoms with E-state index in [1.165, 1.54) is 0 Å². The molecule has 0 unspecified atom stereocenters. The van der Waals surface area contributed by atoms with Gasteiger partial charge in [-0.3, -0.25) is 4.79 Å². The molecule has 1 aliphatic rings. The predicted molar refractivity (Wildman–Crippen MR) is 122 cm³/mol. The average Bonchev–Trinajstić information content (AvgIpc) is 2.66. The lowest BCUT2D eigenvalue weighted by atomic mass is 9.90. The number of carbonyl (C=O) groups excluding carboxylic acids is 1. The van der Waals surface area contributed by atoms with Crippen molar-refractivity contribution in [2.75, 3.05) is 11.9 Å². The molecule has 3 rings (SSSR count). The number of nitrogens with one attached hydrogen (secondary N) is 2. The highest BCUT2D eigenvalue weighted by atomic mass is 16.2. The smallest absolute Gasteiger partial charge is 0.289 e. The molecule has 1 fully saturated rings. The zero-order chi connectivity index (χ0) is 21.9. The van der Waals surface area contributed by atoms with Gasteiger partial charge in [-0.25, -0.2) is 15.0 Å². The molecule has 1 heterocycles. The minimum atomic E-state index is -0.278. The fraction of sp³-hybridized carbons (Fsp3) is 0.545. The number of aliphatic imine (C=N–C) groups is 1. The highest BCUT2D eigenvalue weighted by Crippen LogP contribution is 2.28. The molecule has 2 aromatic rings. The van der Waals surface area contributed by atoms with Crippen LogP contribution in [0.1, 0.15) is 62.6 Å². The number of amides is 1. The van der Waals surface area contributed by atoms with Gasteiger partial charge in [0, 0.05) is 11.9 Å². The van der Waals surface area contributed by atoms with Crippen molar-refractivity contribution in [3.63, 3.8) is 0 Å². The lowest BCUT2D eigenvalue weighted by Crippen LogP contribution is -2.39. The van der Waals surface area contributed by atoms with E-state index < -0.39 is 0 Å². The molecule has 1 saturated carbocycles. The Morgan fingerprint density at radius 3 is 2.63 bits per heavy atom. The van der Waals surface area contributed by atoms with Crippen LogP contribution in [0.25, 0.3) is 10.9 Å². The highest BCUT2D eigenvalue weighted by molar-refractivity contribution is 5.96. The number of aromatic nitrogens is 2. The van der Waals surface area contributed by atoms with Crippen LogP contribution in [0.15, 0.2) is 23.2 Å². The second-order valence-corrected chi connectivity index (χ2v) is 9.32. The molecular weight excluding hydrogens is 378 g/mol. The first kappa shape index (κ1) is 21.8. The Morgan fingerprint density at radius 1 is 1.20 bits per heavy atom. The van der Waals surface area contributed by atoms with Gasteiger partial charge in [0.2, 0.25) is 5.82 Å². The van der Waals surface area contributed by atoms with Gasteiger partial charge in [-0.2, -0.15) is 0 Å². The second-order valence-electron chi connectivity index (χ2n) is 9.32. The van der Waals surface area contributed by atoms with Gasteiger partial charge in [-0.15, -0.1) is 0 Å². The quantitative estimate of drug-likeness (QED) is 0.442. The van der Waals surface area contributed by atoms with Crippen LogP contribution in [-0.4, -0.2) is 40.5 Å². The SMILES string of the molecule is Cc1ccc2nc(C(=O)NCC(C)(C)C)nc(N[C@H]3CCCC[C@H]3N=C(N)N)c2c1. The number of carbonyl (C=O) groups is 1. The summed E-state index contributed by atoms with van der Waals surface area (Å²) in [6.07, 6.45) is 4.03. The van der Waals surface area contributed by atoms with Gasteiger partial charge in [0.25, 0.3) is 5.91 Å². The number of nitrogens with two attached hydrogens (primary N) is 2. The number of anilines is 1. The maximum atomic E-state index is 12.7. The molecule has 2 atom stereocenters. The van der Waals surface area contributed by atoms with Crippen LogP contribution in [-0.2, 0) is 0 Å². The van der Waals surface area contributed by atoms with E-state index in [-0.39, 0.29) is 35.2 Å². The lowest BCUT2D eigenvalue weighted by Gasteiger charge is -2.30. The minimum absolute atomic E-state index is 0.0169. The predicted octanol–water partition coefficient (Wildman–Crippen LogP) is 2.71. The summed E-state index contributed by atoms with van der Waals surface area (Å²) in [5, 5.41) is 7.34. The topological polar surface area (TPSA) is 131 Å². The summed E-state index contributed by atoms with van der Waals surface area (Å²) in [5.41, 5.74) is 13.1. The molecule has 1 aromatic carbocycles. The fourth-order valence-corrected chi connectivity index (χ4v) is 3.68. The van der Waals surface area contributed by atoms with Crippen LogP contribution in [0.4, 0.5) is 5.82 Å². The number of benzene rings is 1. The molecule has 0 spiro atoms. The van der Waals surface area contributed by atoms with Gasteiger partial charge in [0.15, 0.2) is 5.96 Å². The summed E-state index contributed by atoms with van der Waals surface area (Å²) in [4.78, 5) is 26.3. The Bertz CT molecular complexity index is 944. The molecule has 8 heteroatoms. The van der Waals surface area contributed by atoms with E-state index in [9.17, 15) is 4.79 Å². The van der Waals surface area contributed by atoms with Gasteiger partial charge >= 0.3 is 0 Å². The molecule has 1 aromatic heterocycles. The summed E-state index contributed by atoms with van der Waals surface area (Å²) < 4.78 is 0. The maximum absolute atomic E-state index is 12.7. The van der Waals surface area contributed by atoms with E-state index in [0.717, 1.165) is 42.1 Å². The van der Waals surface area contributed by atoms with Crippen LogP contribution in [0, 0.1) is 12.3 Å². The van der Waals surface area contributed by atoms with Crippen molar-refractivity contribution in [3.8, 4) is 0 Å². The fourth-order valence-electron chi connectivity index (χ4n) is 3.68. The highest BCUT2D eigenvalue weighted by Gasteiger charge is 2.26. The molecule has 0 aliphatic heterocycles. The Balaban J connectivity index is 1.96. The third-order valence-electron chi connectivity index (χ3n) is 5.20. The van der Waals surface area contributed by atoms with Crippen molar-refractivity contribution in [3.05, 3.63) is 29.6 Å². The summed E-state index contributed by atoms with van der Waals surface area (Å²) in [5.74, 6) is 0.624. The van der Waals surface area contributed by atoms with Gasteiger partial charge in [0.1, 0.15) is 5.82 Å². The number of hydrogen-bond donors (Lipinski definition) is 4. The summed E-state index contributed by atoms with van der Waals surface area (Å²) in [6, 6.07) is 5.97. The number of guanidine groups is 1. The summed E-state index contributed by atoms with van der Waals surface area (Å²) in [6.45, 7) is 8.76. The molecule has 0 saturated heterocycles. The van der Waals surface area contributed by atoms with Crippen molar-refractivity contribution in [2.24, 2.45) is 21.9 Å². The molecule has 1 amide bonds. The third kappa shape index (κ3) is 5.58. The second kappa shape index (κ2) is 8.85. The van der Waals surface area contributed by atoms with Crippen molar-refractivity contribution >= 4 is 28.6 Å². The molecule has 30 heavy (non-hydrogen) atoms. The number of aryl methyl sites for hydroxylation is 1. The summed E-state index contributed by atoms with van der Waals surface area (Å²) >= 11 is 0. The molecule has 8 nitrogen and oxygen atoms in total. The molecule has 162 valence electrons. The van der Waals surface area contributed by atoms with E-state index >= 15 is 0 Å². The van der Waals surface area contributed by atoms with Gasteiger partial charge in [0.05, 0.1) is 17.6 Å². The van der Waals surface area contributed by atoms with Crippen LogP contribution >= 0.6 is 0 Å². The maximum Gasteiger partial charge on any atom is 0.289 e. The van der Waals surface area contributed by atoms with E-state index in [2.05, 4.69) is 46.4 Å². The Kier molecular flexibility index (Phi) is 6.43. The Morgan fingerprint density at radius 2 is 1.93 bits per heavy atom. The zero-order valence-electron chi connectivity index (χ0n) is 18.3. The number of hydrogen-bond acceptors (Lipinski definition) is 5. The monoisotopic (exact) mass is 411 g/mol. The number of nitrogens with zero attached hydrogens (tertiary/aromatic N) is 3. The van der Waals surface area contributed by atoms with Crippen LogP contribution in [0.5, 0.6) is 0 Å². The van der Waals surface area contributed by atoms with Crippen LogP contribution < -0.4 is 22.1 Å². The van der Waals surface area contributed by atoms with Crippen molar-refractivity contribution in [1.29, 1.82) is 0 Å². The third-order valence-corrected chi connectivity index (χ3v) is 5.20. The van der Waals surface area contributed by atoms with Crippen LogP contribution in [0.3, 0.4) is 0 Å². The van der Waals surface area contributed by atoms with E-state index in [0.29, 0.717) is 12.4 Å². The largest absolute Gasteiger partial charge is 0.370 e. The first-order valence-electron chi connectivity index (χ1n) is 10.5. The zero-order valence-corrected chi connectivity index (χ0v) is 18.3. The average molecular weight is 412 g/mol. The first-order valence-corrected chi connectivity index (χ1v) is 10.5. The molecule has 6 N–H and O–H groups in total. The van der Waals surface area contributed by atoms with E-state index in [1.54, 1.807) is 0 Å². The van der Waals surface area contributed by atoms with Crippen molar-refractivity contribution in [1.82, 2.24) is 15.3 Å². The van der Waals surface area contributed by atoms with Crippen molar-refractivity contribution in [2.45, 2.75) is 65.5 Å². The lowest BCUT2D eigenvalue weighted by molar-refractivity contribution is 0.0929. The normalized spacial score (nSPS) is 19.3. The van der Waals surface area contributed by atoms with Gasteiger partial charge in [-0.1, -0.05) is 45.2 Å². The molecule has 0 bridgehead atoms. The van der Waals surface area contributed by atoms with Gasteiger partial charge < -0.3 is 22.1 Å². The number of fused-ring (bicyclic) bond motifs is 1. The standard InChI is InChI=1S/C22H33N7O/c1-13-9-10-15-14(11-13)18(27-16-7-5-6-8-17(16)28-21(23)24)29-19(26-15)20(30)25-12-22(2,3)4/h9-11,16-17H,5-8,12H2,1-4H3,(H,25,30)(H4,23,24,28)(H,26,27,29)/t16-,17+/m0/s1. The van der Waals surface area contributed by atoms with E-state index in [4.69, 9.17) is 11.5 Å². The molecular formula is C22H33N7O.